The molecule has 0 amide bonds. The monoisotopic (exact) mass is 256 g/mol. The van der Waals surface area contributed by atoms with Crippen molar-refractivity contribution in [1.82, 2.24) is 0 Å². The van der Waals surface area contributed by atoms with E-state index >= 15 is 0 Å². The predicted octanol–water partition coefficient (Wildman–Crippen LogP) is 4.12. The summed E-state index contributed by atoms with van der Waals surface area (Å²) in [5.74, 6) is -0.381. The molecule has 2 nitrogen and oxygen atoms in total. The van der Waals surface area contributed by atoms with E-state index in [4.69, 9.17) is 11.6 Å². The van der Waals surface area contributed by atoms with Gasteiger partial charge in [0.25, 0.3) is 0 Å². The molecule has 2 rings (SSSR count). The Morgan fingerprint density at radius 3 is 2.65 bits per heavy atom. The van der Waals surface area contributed by atoms with Crippen molar-refractivity contribution in [3.8, 4) is 0 Å². The summed E-state index contributed by atoms with van der Waals surface area (Å²) < 4.78 is 13.4. The zero-order valence-corrected chi connectivity index (χ0v) is 11.2. The molecule has 1 aromatic carbocycles. The standard InChI is InChI=1S/C13H18ClFN2/c1-13(2,3)12-4-5-16-10-7-9(15)8(14)6-11(10)17-12/h6-7,12,16-17H,4-5H2,1-3H3. The summed E-state index contributed by atoms with van der Waals surface area (Å²) >= 11 is 5.82. The minimum atomic E-state index is -0.381. The van der Waals surface area contributed by atoms with Gasteiger partial charge in [0.2, 0.25) is 0 Å². The molecule has 0 bridgehead atoms. The van der Waals surface area contributed by atoms with Crippen molar-refractivity contribution in [1.29, 1.82) is 0 Å². The number of rotatable bonds is 0. The van der Waals surface area contributed by atoms with Gasteiger partial charge in [0.1, 0.15) is 5.82 Å². The maximum Gasteiger partial charge on any atom is 0.143 e. The van der Waals surface area contributed by atoms with Gasteiger partial charge in [-0.15, -0.1) is 0 Å². The van der Waals surface area contributed by atoms with E-state index in [9.17, 15) is 4.39 Å². The third kappa shape index (κ3) is 2.65. The van der Waals surface area contributed by atoms with Crippen LogP contribution in [0.5, 0.6) is 0 Å². The molecule has 4 heteroatoms. The largest absolute Gasteiger partial charge is 0.383 e. The first-order chi connectivity index (χ1) is 7.88. The maximum absolute atomic E-state index is 13.4. The van der Waals surface area contributed by atoms with Gasteiger partial charge in [0.15, 0.2) is 0 Å². The van der Waals surface area contributed by atoms with Crippen molar-refractivity contribution in [3.05, 3.63) is 23.0 Å². The van der Waals surface area contributed by atoms with Gasteiger partial charge >= 0.3 is 0 Å². The van der Waals surface area contributed by atoms with Gasteiger partial charge in [-0.25, -0.2) is 4.39 Å². The highest BCUT2D eigenvalue weighted by atomic mass is 35.5. The number of halogens is 2. The van der Waals surface area contributed by atoms with E-state index in [1.54, 1.807) is 6.07 Å². The third-order valence-corrected chi connectivity index (χ3v) is 3.47. The predicted molar refractivity (Wildman–Crippen MR) is 71.4 cm³/mol. The molecule has 1 atom stereocenters. The molecule has 94 valence electrons. The zero-order valence-electron chi connectivity index (χ0n) is 10.4. The molecular weight excluding hydrogens is 239 g/mol. The van der Waals surface area contributed by atoms with Crippen LogP contribution in [0.3, 0.4) is 0 Å². The van der Waals surface area contributed by atoms with Gasteiger partial charge in [-0.2, -0.15) is 0 Å². The molecule has 0 fully saturated rings. The van der Waals surface area contributed by atoms with Crippen molar-refractivity contribution in [3.63, 3.8) is 0 Å². The first-order valence-corrected chi connectivity index (χ1v) is 6.25. The second-order valence-corrected chi connectivity index (χ2v) is 6.00. The van der Waals surface area contributed by atoms with Gasteiger partial charge in [-0.05, 0) is 17.9 Å². The zero-order chi connectivity index (χ0) is 12.6. The fraction of sp³-hybridized carbons (Fsp3) is 0.538. The summed E-state index contributed by atoms with van der Waals surface area (Å²) in [4.78, 5) is 0. The van der Waals surface area contributed by atoms with Crippen LogP contribution in [-0.2, 0) is 0 Å². The molecule has 0 saturated heterocycles. The van der Waals surface area contributed by atoms with Crippen LogP contribution in [0, 0.1) is 11.2 Å². The quantitative estimate of drug-likeness (QED) is 0.730. The SMILES string of the molecule is CC(C)(C)C1CCNc2cc(F)c(Cl)cc2N1. The fourth-order valence-electron chi connectivity index (χ4n) is 2.07. The van der Waals surface area contributed by atoms with Crippen LogP contribution in [0.1, 0.15) is 27.2 Å². The van der Waals surface area contributed by atoms with Gasteiger partial charge in [-0.1, -0.05) is 32.4 Å². The normalized spacial score (nSPS) is 19.9. The average Bonchev–Trinajstić information content (AvgIpc) is 2.40. The summed E-state index contributed by atoms with van der Waals surface area (Å²) in [6.45, 7) is 7.42. The highest BCUT2D eigenvalue weighted by Crippen LogP contribution is 2.34. The van der Waals surface area contributed by atoms with Gasteiger partial charge in [0.05, 0.1) is 16.4 Å². The Balaban J connectivity index is 2.34. The molecule has 1 aliphatic rings. The highest BCUT2D eigenvalue weighted by molar-refractivity contribution is 6.31. The summed E-state index contributed by atoms with van der Waals surface area (Å²) in [6, 6.07) is 3.46. The molecule has 0 spiro atoms. The molecule has 0 radical (unpaired) electrons. The van der Waals surface area contributed by atoms with E-state index < -0.39 is 0 Å². The van der Waals surface area contributed by atoms with Crippen molar-refractivity contribution < 1.29 is 4.39 Å². The van der Waals surface area contributed by atoms with Crippen LogP contribution in [0.4, 0.5) is 15.8 Å². The maximum atomic E-state index is 13.4. The Hall–Kier alpha value is -0.960. The number of anilines is 2. The summed E-state index contributed by atoms with van der Waals surface area (Å²) in [6.07, 6.45) is 0.997. The fourth-order valence-corrected chi connectivity index (χ4v) is 2.24. The number of benzene rings is 1. The summed E-state index contributed by atoms with van der Waals surface area (Å²) in [5.41, 5.74) is 1.83. The van der Waals surface area contributed by atoms with Crippen LogP contribution >= 0.6 is 11.6 Å². The van der Waals surface area contributed by atoms with Crippen LogP contribution in [0.15, 0.2) is 12.1 Å². The lowest BCUT2D eigenvalue weighted by Crippen LogP contribution is -2.34. The lowest BCUT2D eigenvalue weighted by molar-refractivity contribution is 0.332. The Labute approximate surface area is 107 Å². The summed E-state index contributed by atoms with van der Waals surface area (Å²) in [5, 5.41) is 6.85. The molecule has 1 aliphatic heterocycles. The molecule has 0 saturated carbocycles. The smallest absolute Gasteiger partial charge is 0.143 e. The molecule has 0 aliphatic carbocycles. The number of nitrogens with one attached hydrogen (secondary N) is 2. The van der Waals surface area contributed by atoms with Crippen LogP contribution < -0.4 is 10.6 Å². The third-order valence-electron chi connectivity index (χ3n) is 3.18. The molecule has 17 heavy (non-hydrogen) atoms. The molecular formula is C13H18ClFN2. The topological polar surface area (TPSA) is 24.1 Å². The van der Waals surface area contributed by atoms with Gasteiger partial charge < -0.3 is 10.6 Å². The Morgan fingerprint density at radius 2 is 2.00 bits per heavy atom. The highest BCUT2D eigenvalue weighted by Gasteiger charge is 2.27. The molecule has 0 aromatic heterocycles. The van der Waals surface area contributed by atoms with E-state index in [1.165, 1.54) is 6.07 Å². The Bertz CT molecular complexity index is 426. The number of fused-ring (bicyclic) bond motifs is 1. The second kappa shape index (κ2) is 4.37. The summed E-state index contributed by atoms with van der Waals surface area (Å²) in [7, 11) is 0. The average molecular weight is 257 g/mol. The first kappa shape index (κ1) is 12.5. The van der Waals surface area contributed by atoms with Gasteiger partial charge in [0, 0.05) is 18.7 Å². The Kier molecular flexibility index (Phi) is 3.21. The Morgan fingerprint density at radius 1 is 1.29 bits per heavy atom. The minimum absolute atomic E-state index is 0.157. The first-order valence-electron chi connectivity index (χ1n) is 5.87. The van der Waals surface area contributed by atoms with Crippen molar-refractivity contribution in [2.45, 2.75) is 33.2 Å². The van der Waals surface area contributed by atoms with Gasteiger partial charge in [-0.3, -0.25) is 0 Å². The van der Waals surface area contributed by atoms with E-state index in [2.05, 4.69) is 31.4 Å². The van der Waals surface area contributed by atoms with Crippen LogP contribution in [0.25, 0.3) is 0 Å². The molecule has 1 aromatic rings. The molecule has 1 unspecified atom stereocenters. The lowest BCUT2D eigenvalue weighted by atomic mass is 9.85. The number of hydrogen-bond acceptors (Lipinski definition) is 2. The van der Waals surface area contributed by atoms with Crippen LogP contribution in [-0.4, -0.2) is 12.6 Å². The minimum Gasteiger partial charge on any atom is -0.383 e. The van der Waals surface area contributed by atoms with Crippen molar-refractivity contribution in [2.75, 3.05) is 17.2 Å². The van der Waals surface area contributed by atoms with E-state index in [0.717, 1.165) is 24.3 Å². The molecule has 1 heterocycles. The number of hydrogen-bond donors (Lipinski definition) is 2. The lowest BCUT2D eigenvalue weighted by Gasteiger charge is -2.31. The second-order valence-electron chi connectivity index (χ2n) is 5.59. The van der Waals surface area contributed by atoms with E-state index in [1.807, 2.05) is 0 Å². The molecule has 2 N–H and O–H groups in total. The van der Waals surface area contributed by atoms with E-state index in [0.29, 0.717) is 6.04 Å². The van der Waals surface area contributed by atoms with E-state index in [-0.39, 0.29) is 16.3 Å². The van der Waals surface area contributed by atoms with Crippen molar-refractivity contribution >= 4 is 23.0 Å². The van der Waals surface area contributed by atoms with Crippen LogP contribution in [0.2, 0.25) is 5.02 Å². The van der Waals surface area contributed by atoms with Crippen molar-refractivity contribution in [2.24, 2.45) is 5.41 Å².